The maximum absolute atomic E-state index is 10.9. The molecule has 0 bridgehead atoms. The molecule has 0 aliphatic heterocycles. The van der Waals surface area contributed by atoms with Crippen molar-refractivity contribution in [3.8, 4) is 0 Å². The summed E-state index contributed by atoms with van der Waals surface area (Å²) in [7, 11) is 1.66. The smallest absolute Gasteiger partial charge is 0.315 e. The van der Waals surface area contributed by atoms with E-state index in [1.165, 1.54) is 4.90 Å². The van der Waals surface area contributed by atoms with E-state index >= 15 is 0 Å². The number of nitrogens with two attached hydrogens (primary N) is 2. The van der Waals surface area contributed by atoms with Gasteiger partial charge in [0.25, 0.3) is 0 Å². The number of anilines is 1. The van der Waals surface area contributed by atoms with Crippen LogP contribution in [-0.4, -0.2) is 18.0 Å². The van der Waals surface area contributed by atoms with Crippen LogP contribution in [0.2, 0.25) is 0 Å². The summed E-state index contributed by atoms with van der Waals surface area (Å²) in [6, 6.07) is 6.91. The van der Waals surface area contributed by atoms with Crippen LogP contribution in [0.4, 0.5) is 10.5 Å². The zero-order valence-corrected chi connectivity index (χ0v) is 8.40. The van der Waals surface area contributed by atoms with Gasteiger partial charge in [0.2, 0.25) is 0 Å². The van der Waals surface area contributed by atoms with E-state index in [1.807, 2.05) is 25.1 Å². The molecule has 0 fully saturated rings. The fourth-order valence-electron chi connectivity index (χ4n) is 1.23. The number of nitrogen functional groups attached to an aromatic ring is 1. The lowest BCUT2D eigenvalue weighted by atomic mass is 10.1. The highest BCUT2D eigenvalue weighted by atomic mass is 16.2. The average molecular weight is 193 g/mol. The zero-order chi connectivity index (χ0) is 10.7. The Morgan fingerprint density at radius 1 is 1.50 bits per heavy atom. The summed E-state index contributed by atoms with van der Waals surface area (Å²) < 4.78 is 0. The van der Waals surface area contributed by atoms with E-state index in [9.17, 15) is 4.79 Å². The van der Waals surface area contributed by atoms with E-state index in [2.05, 4.69) is 0 Å². The first-order valence-electron chi connectivity index (χ1n) is 4.40. The highest BCUT2D eigenvalue weighted by molar-refractivity contribution is 5.72. The van der Waals surface area contributed by atoms with E-state index in [0.29, 0.717) is 5.69 Å². The van der Waals surface area contributed by atoms with Gasteiger partial charge in [-0.05, 0) is 24.6 Å². The van der Waals surface area contributed by atoms with Gasteiger partial charge in [-0.25, -0.2) is 4.79 Å². The van der Waals surface area contributed by atoms with Crippen LogP contribution in [0.3, 0.4) is 0 Å². The highest BCUT2D eigenvalue weighted by Gasteiger charge is 2.14. The van der Waals surface area contributed by atoms with Gasteiger partial charge in [-0.1, -0.05) is 12.1 Å². The second kappa shape index (κ2) is 4.00. The molecule has 4 N–H and O–H groups in total. The van der Waals surface area contributed by atoms with Crippen molar-refractivity contribution in [1.29, 1.82) is 0 Å². The summed E-state index contributed by atoms with van der Waals surface area (Å²) in [6.45, 7) is 1.90. The second-order valence-electron chi connectivity index (χ2n) is 3.30. The van der Waals surface area contributed by atoms with Crippen LogP contribution in [0.15, 0.2) is 24.3 Å². The van der Waals surface area contributed by atoms with Gasteiger partial charge in [0.1, 0.15) is 0 Å². The van der Waals surface area contributed by atoms with E-state index in [1.54, 1.807) is 13.1 Å². The lowest BCUT2D eigenvalue weighted by molar-refractivity contribution is 0.204. The van der Waals surface area contributed by atoms with E-state index < -0.39 is 6.03 Å². The predicted octanol–water partition coefficient (Wildman–Crippen LogP) is 1.34. The zero-order valence-electron chi connectivity index (χ0n) is 8.40. The molecular formula is C10H15N3O. The third-order valence-electron chi connectivity index (χ3n) is 2.32. The van der Waals surface area contributed by atoms with Crippen LogP contribution >= 0.6 is 0 Å². The lowest BCUT2D eigenvalue weighted by Crippen LogP contribution is -2.34. The largest absolute Gasteiger partial charge is 0.399 e. The Kier molecular flexibility index (Phi) is 2.96. The van der Waals surface area contributed by atoms with Crippen LogP contribution in [-0.2, 0) is 0 Å². The van der Waals surface area contributed by atoms with Crippen molar-refractivity contribution in [1.82, 2.24) is 4.90 Å². The summed E-state index contributed by atoms with van der Waals surface area (Å²) in [4.78, 5) is 12.4. The standard InChI is InChI=1S/C10H15N3O/c1-7(13(2)10(12)14)8-4-3-5-9(11)6-8/h3-7H,11H2,1-2H3,(H2,12,14). The summed E-state index contributed by atoms with van der Waals surface area (Å²) in [5.74, 6) is 0. The van der Waals surface area contributed by atoms with Crippen molar-refractivity contribution in [3.05, 3.63) is 29.8 Å². The fraction of sp³-hybridized carbons (Fsp3) is 0.300. The SMILES string of the molecule is CC(c1cccc(N)c1)N(C)C(N)=O. The summed E-state index contributed by atoms with van der Waals surface area (Å²) in [5, 5.41) is 0. The molecule has 76 valence electrons. The first kappa shape index (κ1) is 10.4. The minimum atomic E-state index is -0.445. The van der Waals surface area contributed by atoms with Crippen molar-refractivity contribution in [3.63, 3.8) is 0 Å². The normalized spacial score (nSPS) is 12.1. The number of rotatable bonds is 2. The topological polar surface area (TPSA) is 72.3 Å². The van der Waals surface area contributed by atoms with Crippen LogP contribution < -0.4 is 11.5 Å². The summed E-state index contributed by atoms with van der Waals surface area (Å²) >= 11 is 0. The molecule has 0 spiro atoms. The van der Waals surface area contributed by atoms with Gasteiger partial charge >= 0.3 is 6.03 Å². The molecule has 1 aromatic carbocycles. The number of benzene rings is 1. The van der Waals surface area contributed by atoms with Crippen molar-refractivity contribution >= 4 is 11.7 Å². The average Bonchev–Trinajstić information content (AvgIpc) is 2.15. The molecule has 1 rings (SSSR count). The molecule has 1 atom stereocenters. The van der Waals surface area contributed by atoms with Gasteiger partial charge in [-0.3, -0.25) is 0 Å². The number of hydrogen-bond donors (Lipinski definition) is 2. The monoisotopic (exact) mass is 193 g/mol. The highest BCUT2D eigenvalue weighted by Crippen LogP contribution is 2.19. The quantitative estimate of drug-likeness (QED) is 0.696. The Morgan fingerprint density at radius 2 is 2.14 bits per heavy atom. The molecule has 0 saturated carbocycles. The Bertz CT molecular complexity index is 338. The first-order valence-corrected chi connectivity index (χ1v) is 4.40. The first-order chi connectivity index (χ1) is 6.52. The molecule has 4 heteroatoms. The second-order valence-corrected chi connectivity index (χ2v) is 3.30. The Labute approximate surface area is 83.5 Å². The van der Waals surface area contributed by atoms with Gasteiger partial charge in [0.15, 0.2) is 0 Å². The summed E-state index contributed by atoms with van der Waals surface area (Å²) in [6.07, 6.45) is 0. The Balaban J connectivity index is 2.89. The molecule has 2 amide bonds. The number of nitrogens with zero attached hydrogens (tertiary/aromatic N) is 1. The molecule has 14 heavy (non-hydrogen) atoms. The van der Waals surface area contributed by atoms with Crippen molar-refractivity contribution in [2.24, 2.45) is 5.73 Å². The van der Waals surface area contributed by atoms with Crippen molar-refractivity contribution in [2.45, 2.75) is 13.0 Å². The molecule has 0 aliphatic rings. The van der Waals surface area contributed by atoms with Crippen molar-refractivity contribution in [2.75, 3.05) is 12.8 Å². The van der Waals surface area contributed by atoms with Gasteiger partial charge in [-0.2, -0.15) is 0 Å². The fourth-order valence-corrected chi connectivity index (χ4v) is 1.23. The van der Waals surface area contributed by atoms with Crippen LogP contribution in [0.25, 0.3) is 0 Å². The van der Waals surface area contributed by atoms with Crippen LogP contribution in [0.5, 0.6) is 0 Å². The molecule has 0 saturated heterocycles. The molecule has 0 heterocycles. The number of urea groups is 1. The molecule has 0 radical (unpaired) electrons. The summed E-state index contributed by atoms with van der Waals surface area (Å²) in [5.41, 5.74) is 12.5. The maximum atomic E-state index is 10.9. The predicted molar refractivity (Wildman–Crippen MR) is 56.6 cm³/mol. The number of primary amides is 1. The number of amides is 2. The van der Waals surface area contributed by atoms with E-state index in [4.69, 9.17) is 11.5 Å². The maximum Gasteiger partial charge on any atom is 0.315 e. The molecule has 4 nitrogen and oxygen atoms in total. The van der Waals surface area contributed by atoms with Crippen LogP contribution in [0, 0.1) is 0 Å². The van der Waals surface area contributed by atoms with Gasteiger partial charge in [-0.15, -0.1) is 0 Å². The van der Waals surface area contributed by atoms with Gasteiger partial charge < -0.3 is 16.4 Å². The molecular weight excluding hydrogens is 178 g/mol. The van der Waals surface area contributed by atoms with E-state index in [-0.39, 0.29) is 6.04 Å². The molecule has 0 aromatic heterocycles. The van der Waals surface area contributed by atoms with Crippen LogP contribution in [0.1, 0.15) is 18.5 Å². The molecule has 1 aromatic rings. The minimum Gasteiger partial charge on any atom is -0.399 e. The Morgan fingerprint density at radius 3 is 2.64 bits per heavy atom. The number of carbonyl (C=O) groups is 1. The molecule has 0 aliphatic carbocycles. The third kappa shape index (κ3) is 2.16. The van der Waals surface area contributed by atoms with Gasteiger partial charge in [0, 0.05) is 12.7 Å². The molecule has 1 unspecified atom stereocenters. The van der Waals surface area contributed by atoms with Gasteiger partial charge in [0.05, 0.1) is 6.04 Å². The third-order valence-corrected chi connectivity index (χ3v) is 2.32. The van der Waals surface area contributed by atoms with Crippen molar-refractivity contribution < 1.29 is 4.79 Å². The number of hydrogen-bond acceptors (Lipinski definition) is 2. The Hall–Kier alpha value is -1.71. The minimum absolute atomic E-state index is 0.0593. The number of carbonyl (C=O) groups excluding carboxylic acids is 1. The lowest BCUT2D eigenvalue weighted by Gasteiger charge is -2.23. The van der Waals surface area contributed by atoms with E-state index in [0.717, 1.165) is 5.56 Å².